The van der Waals surface area contributed by atoms with Crippen LogP contribution in [-0.4, -0.2) is 17.4 Å². The van der Waals surface area contributed by atoms with Crippen molar-refractivity contribution < 1.29 is 27.8 Å². The average Bonchev–Trinajstić information content (AvgIpc) is 1.59. The number of allylic oxidation sites excluding steroid dienone is 1. The van der Waals surface area contributed by atoms with Crippen molar-refractivity contribution in [2.75, 3.05) is 0 Å². The van der Waals surface area contributed by atoms with Crippen molar-refractivity contribution in [3.63, 3.8) is 0 Å². The summed E-state index contributed by atoms with van der Waals surface area (Å²) >= 11 is 0. The van der Waals surface area contributed by atoms with Crippen molar-refractivity contribution in [2.24, 2.45) is 0 Å². The van der Waals surface area contributed by atoms with Gasteiger partial charge in [-0.2, -0.15) is 13.2 Å². The van der Waals surface area contributed by atoms with Crippen LogP contribution in [0.25, 0.3) is 0 Å². The first-order valence-corrected chi connectivity index (χ1v) is 2.06. The first-order chi connectivity index (χ1) is 4.42. The molecule has 0 atom stereocenters. The van der Waals surface area contributed by atoms with Crippen molar-refractivity contribution in [1.82, 2.24) is 0 Å². The molecule has 3 nitrogen and oxygen atoms in total. The molecule has 10 heavy (non-hydrogen) atoms. The molecule has 0 aliphatic carbocycles. The zero-order chi connectivity index (χ0) is 8.20. The summed E-state index contributed by atoms with van der Waals surface area (Å²) in [6.07, 6.45) is -6.57. The van der Waals surface area contributed by atoms with E-state index < -0.39 is 12.3 Å². The van der Waals surface area contributed by atoms with E-state index in [2.05, 4.69) is 4.74 Å². The van der Waals surface area contributed by atoms with Crippen molar-refractivity contribution in [2.45, 2.75) is 6.18 Å². The van der Waals surface area contributed by atoms with Gasteiger partial charge in [0.15, 0.2) is 0 Å². The van der Waals surface area contributed by atoms with Crippen LogP contribution in [0, 0.1) is 0 Å². The van der Waals surface area contributed by atoms with Crippen LogP contribution in [0.4, 0.5) is 18.0 Å². The van der Waals surface area contributed by atoms with Gasteiger partial charge in [-0.15, -0.1) is 0 Å². The molecule has 0 amide bonds. The molecule has 0 bridgehead atoms. The lowest BCUT2D eigenvalue weighted by Crippen LogP contribution is -2.02. The van der Waals surface area contributed by atoms with Crippen LogP contribution in [0.3, 0.4) is 0 Å². The highest BCUT2D eigenvalue weighted by Crippen LogP contribution is 2.15. The maximum atomic E-state index is 11.1. The van der Waals surface area contributed by atoms with Gasteiger partial charge < -0.3 is 9.84 Å². The molecule has 0 aromatic carbocycles. The standard InChI is InChI=1S/C4H3F3O3/c5-4(6,7)1-2-10-3(8)9/h1-2H,(H,8,9)/b2-1+. The van der Waals surface area contributed by atoms with Gasteiger partial charge in [0.1, 0.15) is 6.26 Å². The number of hydrogen-bond donors (Lipinski definition) is 1. The monoisotopic (exact) mass is 156 g/mol. The lowest BCUT2D eigenvalue weighted by Gasteiger charge is -1.95. The molecule has 0 fully saturated rings. The molecule has 0 radical (unpaired) electrons. The Labute approximate surface area is 53.7 Å². The summed E-state index contributed by atoms with van der Waals surface area (Å²) in [4.78, 5) is 9.44. The number of hydrogen-bond acceptors (Lipinski definition) is 2. The molecule has 0 heterocycles. The Morgan fingerprint density at radius 1 is 1.50 bits per heavy atom. The number of alkyl halides is 3. The van der Waals surface area contributed by atoms with E-state index in [0.29, 0.717) is 0 Å². The van der Waals surface area contributed by atoms with Crippen LogP contribution in [0.15, 0.2) is 12.3 Å². The van der Waals surface area contributed by atoms with Gasteiger partial charge in [0, 0.05) is 0 Å². The Hall–Kier alpha value is -1.20. The minimum Gasteiger partial charge on any atom is -0.449 e. The fourth-order valence-corrected chi connectivity index (χ4v) is 0.169. The number of ether oxygens (including phenoxy) is 1. The van der Waals surface area contributed by atoms with Crippen LogP contribution in [0.1, 0.15) is 0 Å². The summed E-state index contributed by atoms with van der Waals surface area (Å²) < 4.78 is 36.9. The van der Waals surface area contributed by atoms with Gasteiger partial charge in [-0.25, -0.2) is 4.79 Å². The minimum atomic E-state index is -4.53. The molecule has 0 rings (SSSR count). The molecule has 0 aromatic rings. The summed E-state index contributed by atoms with van der Waals surface area (Å²) in [5.41, 5.74) is 0. The fraction of sp³-hybridized carbons (Fsp3) is 0.250. The van der Waals surface area contributed by atoms with E-state index in [0.717, 1.165) is 0 Å². The average molecular weight is 156 g/mol. The van der Waals surface area contributed by atoms with Gasteiger partial charge >= 0.3 is 12.3 Å². The van der Waals surface area contributed by atoms with Crippen LogP contribution in [-0.2, 0) is 4.74 Å². The quantitative estimate of drug-likeness (QED) is 0.464. The van der Waals surface area contributed by atoms with Crippen molar-refractivity contribution in [3.8, 4) is 0 Å². The number of carboxylic acid groups (broad SMARTS) is 1. The van der Waals surface area contributed by atoms with E-state index in [9.17, 15) is 18.0 Å². The van der Waals surface area contributed by atoms with Crippen LogP contribution in [0.2, 0.25) is 0 Å². The molecule has 0 aromatic heterocycles. The molecule has 0 aliphatic rings. The first-order valence-electron chi connectivity index (χ1n) is 2.06. The normalized spacial score (nSPS) is 11.9. The summed E-state index contributed by atoms with van der Waals surface area (Å²) in [7, 11) is 0. The molecular weight excluding hydrogens is 153 g/mol. The Bertz CT molecular complexity index is 148. The second kappa shape index (κ2) is 3.09. The zero-order valence-corrected chi connectivity index (χ0v) is 4.55. The fourth-order valence-electron chi connectivity index (χ4n) is 0.169. The van der Waals surface area contributed by atoms with E-state index in [1.165, 1.54) is 0 Å². The molecule has 58 valence electrons. The molecular formula is C4H3F3O3. The van der Waals surface area contributed by atoms with E-state index in [1.807, 2.05) is 0 Å². The Kier molecular flexibility index (Phi) is 2.72. The highest BCUT2D eigenvalue weighted by Gasteiger charge is 2.22. The molecule has 0 saturated carbocycles. The van der Waals surface area contributed by atoms with Gasteiger partial charge in [-0.3, -0.25) is 0 Å². The lowest BCUT2D eigenvalue weighted by molar-refractivity contribution is -0.0812. The highest BCUT2D eigenvalue weighted by molar-refractivity contribution is 5.57. The van der Waals surface area contributed by atoms with Crippen LogP contribution >= 0.6 is 0 Å². The Morgan fingerprint density at radius 2 is 2.00 bits per heavy atom. The second-order valence-corrected chi connectivity index (χ2v) is 1.23. The summed E-state index contributed by atoms with van der Waals surface area (Å²) in [5, 5.41) is 7.67. The zero-order valence-electron chi connectivity index (χ0n) is 4.55. The summed E-state index contributed by atoms with van der Waals surface area (Å²) in [5.74, 6) is 0. The van der Waals surface area contributed by atoms with E-state index in [-0.39, 0.29) is 12.3 Å². The number of halogens is 3. The third-order valence-electron chi connectivity index (χ3n) is 0.426. The summed E-state index contributed by atoms with van der Waals surface area (Å²) in [6, 6.07) is 0. The van der Waals surface area contributed by atoms with Crippen LogP contribution < -0.4 is 0 Å². The van der Waals surface area contributed by atoms with E-state index >= 15 is 0 Å². The van der Waals surface area contributed by atoms with Crippen LogP contribution in [0.5, 0.6) is 0 Å². The van der Waals surface area contributed by atoms with Gasteiger partial charge in [-0.05, 0) is 0 Å². The largest absolute Gasteiger partial charge is 0.510 e. The molecule has 0 aliphatic heterocycles. The van der Waals surface area contributed by atoms with Gasteiger partial charge in [0.25, 0.3) is 0 Å². The Balaban J connectivity index is 3.67. The van der Waals surface area contributed by atoms with Gasteiger partial charge in [-0.1, -0.05) is 0 Å². The smallest absolute Gasteiger partial charge is 0.449 e. The van der Waals surface area contributed by atoms with E-state index in [1.54, 1.807) is 0 Å². The number of carbonyl (C=O) groups is 1. The van der Waals surface area contributed by atoms with Gasteiger partial charge in [0.05, 0.1) is 6.08 Å². The molecule has 0 saturated heterocycles. The minimum absolute atomic E-state index is 0.0579. The topological polar surface area (TPSA) is 46.5 Å². The third kappa shape index (κ3) is 6.80. The third-order valence-corrected chi connectivity index (χ3v) is 0.426. The van der Waals surface area contributed by atoms with Crippen molar-refractivity contribution in [1.29, 1.82) is 0 Å². The number of rotatable bonds is 1. The summed E-state index contributed by atoms with van der Waals surface area (Å²) in [6.45, 7) is 0. The first kappa shape index (κ1) is 8.80. The maximum absolute atomic E-state index is 11.1. The van der Waals surface area contributed by atoms with Crippen molar-refractivity contribution >= 4 is 6.16 Å². The van der Waals surface area contributed by atoms with Crippen molar-refractivity contribution in [3.05, 3.63) is 12.3 Å². The SMILES string of the molecule is O=C(O)O/C=C/C(F)(F)F. The predicted molar refractivity (Wildman–Crippen MR) is 24.3 cm³/mol. The maximum Gasteiger partial charge on any atom is 0.510 e. The lowest BCUT2D eigenvalue weighted by atomic mass is 10.6. The second-order valence-electron chi connectivity index (χ2n) is 1.23. The molecule has 0 spiro atoms. The van der Waals surface area contributed by atoms with E-state index in [4.69, 9.17) is 5.11 Å². The molecule has 6 heteroatoms. The predicted octanol–water partition coefficient (Wildman–Crippen LogP) is 1.76. The van der Waals surface area contributed by atoms with Gasteiger partial charge in [0.2, 0.25) is 0 Å². The molecule has 0 unspecified atom stereocenters. The highest BCUT2D eigenvalue weighted by atomic mass is 19.4. The Morgan fingerprint density at radius 3 is 2.30 bits per heavy atom. The molecule has 1 N–H and O–H groups in total.